The van der Waals surface area contributed by atoms with Gasteiger partial charge < -0.3 is 25.2 Å². The van der Waals surface area contributed by atoms with E-state index in [0.717, 1.165) is 23.8 Å². The molecule has 8 rings (SSSR count). The van der Waals surface area contributed by atoms with Gasteiger partial charge in [-0.15, -0.1) is 11.3 Å². The summed E-state index contributed by atoms with van der Waals surface area (Å²) < 4.78 is 73.2. The Morgan fingerprint density at radius 3 is 2.77 bits per heavy atom. The van der Waals surface area contributed by atoms with E-state index >= 15 is 4.39 Å². The standard InChI is InChI=1S/C32H29ClF4N6O3S/c1-42-8-15(9-44)10-45-25-21-24(23(35)20(22(25)33)16-3-4-18(34)26-19(16)17(7-38)27(39)47-26)40-29(41-28(21)42)46-14-31-5-2-6-43(31)13-30(11-31)12-32(30,36)37/h3-4,15,44H,2,5-6,8-14,39H2,1H3/t15?,30?,31-/m0/s1. The molecule has 3 N–H and O–H groups in total. The lowest BCUT2D eigenvalue weighted by molar-refractivity contribution is 0.0647. The zero-order valence-corrected chi connectivity index (χ0v) is 26.8. The Bertz CT molecular complexity index is 2040. The predicted molar refractivity (Wildman–Crippen MR) is 169 cm³/mol. The van der Waals surface area contributed by atoms with Crippen LogP contribution >= 0.6 is 22.9 Å². The molecule has 15 heteroatoms. The monoisotopic (exact) mass is 688 g/mol. The maximum Gasteiger partial charge on any atom is 0.319 e. The molecule has 1 saturated carbocycles. The molecule has 2 aromatic carbocycles. The lowest BCUT2D eigenvalue weighted by atomic mass is 9.89. The summed E-state index contributed by atoms with van der Waals surface area (Å²) in [6, 6.07) is 4.31. The van der Waals surface area contributed by atoms with Crippen molar-refractivity contribution >= 4 is 54.7 Å². The minimum Gasteiger partial charge on any atom is -0.491 e. The largest absolute Gasteiger partial charge is 0.491 e. The van der Waals surface area contributed by atoms with Crippen LogP contribution in [0.1, 0.15) is 31.2 Å². The van der Waals surface area contributed by atoms with Crippen LogP contribution in [0.5, 0.6) is 11.8 Å². The van der Waals surface area contributed by atoms with Crippen LogP contribution in [-0.2, 0) is 0 Å². The molecule has 3 atom stereocenters. The van der Waals surface area contributed by atoms with E-state index in [1.54, 1.807) is 11.9 Å². The number of nitrogens with zero attached hydrogens (tertiary/aromatic N) is 5. The molecule has 5 heterocycles. The Balaban J connectivity index is 1.30. The topological polar surface area (TPSA) is 121 Å². The second kappa shape index (κ2) is 10.4. The average Bonchev–Trinajstić information content (AvgIpc) is 3.37. The van der Waals surface area contributed by atoms with Gasteiger partial charge in [0.1, 0.15) is 34.8 Å². The van der Waals surface area contributed by atoms with Crippen molar-refractivity contribution in [2.24, 2.45) is 11.3 Å². The fraction of sp³-hybridized carbons (Fsp3) is 0.469. The van der Waals surface area contributed by atoms with Gasteiger partial charge in [0, 0.05) is 43.4 Å². The van der Waals surface area contributed by atoms with E-state index in [1.807, 2.05) is 6.07 Å². The summed E-state index contributed by atoms with van der Waals surface area (Å²) in [5.41, 5.74) is 4.15. The number of aliphatic hydroxyl groups is 1. The Morgan fingerprint density at radius 1 is 1.26 bits per heavy atom. The third-order valence-corrected chi connectivity index (χ3v) is 11.7. The number of halogens is 5. The molecule has 4 aromatic rings. The number of benzene rings is 2. The predicted octanol–water partition coefficient (Wildman–Crippen LogP) is 5.98. The number of aliphatic hydroxyl groups excluding tert-OH is 1. The summed E-state index contributed by atoms with van der Waals surface area (Å²) in [4.78, 5) is 13.0. The van der Waals surface area contributed by atoms with Gasteiger partial charge in [-0.3, -0.25) is 4.90 Å². The number of nitriles is 1. The van der Waals surface area contributed by atoms with Gasteiger partial charge in [0.2, 0.25) is 0 Å². The van der Waals surface area contributed by atoms with Gasteiger partial charge in [-0.1, -0.05) is 17.7 Å². The number of aromatic nitrogens is 2. The number of alkyl halides is 2. The van der Waals surface area contributed by atoms with Crippen molar-refractivity contribution in [1.29, 1.82) is 5.26 Å². The van der Waals surface area contributed by atoms with Crippen molar-refractivity contribution in [1.82, 2.24) is 14.9 Å². The highest BCUT2D eigenvalue weighted by Gasteiger charge is 2.77. The second-order valence-electron chi connectivity index (χ2n) is 13.3. The lowest BCUT2D eigenvalue weighted by Crippen LogP contribution is -2.43. The summed E-state index contributed by atoms with van der Waals surface area (Å²) in [7, 11) is 1.73. The summed E-state index contributed by atoms with van der Waals surface area (Å²) >= 11 is 7.81. The summed E-state index contributed by atoms with van der Waals surface area (Å²) in [5, 5.41) is 20.1. The molecule has 2 saturated heterocycles. The van der Waals surface area contributed by atoms with Crippen LogP contribution in [0.15, 0.2) is 12.1 Å². The number of rotatable bonds is 5. The Kier molecular flexibility index (Phi) is 6.81. The molecule has 2 unspecified atom stereocenters. The number of nitrogen functional groups attached to an aromatic ring is 1. The smallest absolute Gasteiger partial charge is 0.319 e. The first-order valence-electron chi connectivity index (χ1n) is 15.3. The first-order chi connectivity index (χ1) is 22.4. The molecule has 1 spiro atoms. The van der Waals surface area contributed by atoms with Crippen LogP contribution in [0.3, 0.4) is 0 Å². The van der Waals surface area contributed by atoms with Crippen LogP contribution in [0, 0.1) is 34.3 Å². The van der Waals surface area contributed by atoms with Gasteiger partial charge in [-0.2, -0.15) is 15.2 Å². The number of fused-ring (bicyclic) bond motifs is 2. The molecule has 9 nitrogen and oxygen atoms in total. The van der Waals surface area contributed by atoms with E-state index in [9.17, 15) is 23.5 Å². The van der Waals surface area contributed by atoms with Crippen molar-refractivity contribution in [2.45, 2.75) is 37.1 Å². The van der Waals surface area contributed by atoms with Crippen molar-refractivity contribution in [3.05, 3.63) is 34.4 Å². The molecular formula is C32H29ClF4N6O3S. The van der Waals surface area contributed by atoms with Crippen LogP contribution in [-0.4, -0.2) is 77.9 Å². The zero-order valence-electron chi connectivity index (χ0n) is 25.2. The first kappa shape index (κ1) is 30.7. The third-order valence-electron chi connectivity index (χ3n) is 10.3. The Hall–Kier alpha value is -3.64. The van der Waals surface area contributed by atoms with Gasteiger partial charge >= 0.3 is 6.01 Å². The molecule has 0 amide bonds. The minimum absolute atomic E-state index is 0.0120. The molecule has 0 bridgehead atoms. The number of hydrogen-bond acceptors (Lipinski definition) is 10. The molecule has 246 valence electrons. The molecule has 2 aromatic heterocycles. The third kappa shape index (κ3) is 4.39. The van der Waals surface area contributed by atoms with Crippen molar-refractivity contribution in [2.75, 3.05) is 57.1 Å². The van der Waals surface area contributed by atoms with E-state index in [2.05, 4.69) is 14.9 Å². The van der Waals surface area contributed by atoms with E-state index in [4.69, 9.17) is 26.8 Å². The summed E-state index contributed by atoms with van der Waals surface area (Å²) in [6.07, 6.45) is 1.69. The number of anilines is 2. The van der Waals surface area contributed by atoms with Crippen molar-refractivity contribution < 1.29 is 32.1 Å². The highest BCUT2D eigenvalue weighted by molar-refractivity contribution is 7.23. The SMILES string of the molecule is CN1CC(CO)COc2c(Cl)c(-c3ccc(F)c4sc(N)c(C#N)c34)c(F)c3nc(OC[C@@]45CCCN4CC4(CC4(F)F)C5)nc1c23. The molecule has 4 aliphatic rings. The van der Waals surface area contributed by atoms with Crippen LogP contribution in [0.2, 0.25) is 5.02 Å². The molecular weight excluding hydrogens is 660 g/mol. The van der Waals surface area contributed by atoms with E-state index in [-0.39, 0.29) is 97.4 Å². The maximum absolute atomic E-state index is 17.0. The van der Waals surface area contributed by atoms with Crippen LogP contribution in [0.4, 0.5) is 28.4 Å². The molecule has 3 aliphatic heterocycles. The number of hydrogen-bond donors (Lipinski definition) is 2. The first-order valence-corrected chi connectivity index (χ1v) is 16.5. The van der Waals surface area contributed by atoms with Gasteiger partial charge in [0.05, 0.1) is 44.8 Å². The fourth-order valence-electron chi connectivity index (χ4n) is 7.94. The highest BCUT2D eigenvalue weighted by Crippen LogP contribution is 2.69. The zero-order chi connectivity index (χ0) is 33.0. The van der Waals surface area contributed by atoms with Gasteiger partial charge in [0.15, 0.2) is 11.6 Å². The average molecular weight is 689 g/mol. The Labute approximate surface area is 275 Å². The molecule has 0 radical (unpaired) electrons. The quantitative estimate of drug-likeness (QED) is 0.244. The fourth-order valence-corrected chi connectivity index (χ4v) is 9.23. The number of nitrogens with two attached hydrogens (primary N) is 1. The van der Waals surface area contributed by atoms with E-state index < -0.39 is 28.5 Å². The second-order valence-corrected chi connectivity index (χ2v) is 14.7. The highest BCUT2D eigenvalue weighted by atomic mass is 35.5. The lowest BCUT2D eigenvalue weighted by Gasteiger charge is -2.32. The van der Waals surface area contributed by atoms with Crippen molar-refractivity contribution in [3.8, 4) is 29.0 Å². The van der Waals surface area contributed by atoms with E-state index in [0.29, 0.717) is 32.5 Å². The molecule has 3 fully saturated rings. The minimum atomic E-state index is -2.70. The Morgan fingerprint density at radius 2 is 2.04 bits per heavy atom. The number of thiophene rings is 1. The maximum atomic E-state index is 17.0. The molecule has 1 aliphatic carbocycles. The number of ether oxygens (including phenoxy) is 2. The summed E-state index contributed by atoms with van der Waals surface area (Å²) in [6.45, 7) is 1.17. The van der Waals surface area contributed by atoms with Crippen LogP contribution in [0.25, 0.3) is 32.1 Å². The normalized spacial score (nSPS) is 26.3. The summed E-state index contributed by atoms with van der Waals surface area (Å²) in [5.74, 6) is -4.28. The van der Waals surface area contributed by atoms with Gasteiger partial charge in [-0.25, -0.2) is 17.6 Å². The van der Waals surface area contributed by atoms with Gasteiger partial charge in [0.25, 0.3) is 5.92 Å². The van der Waals surface area contributed by atoms with Crippen molar-refractivity contribution in [3.63, 3.8) is 0 Å². The molecule has 47 heavy (non-hydrogen) atoms. The van der Waals surface area contributed by atoms with Gasteiger partial charge in [-0.05, 0) is 37.4 Å². The van der Waals surface area contributed by atoms with Crippen LogP contribution < -0.4 is 20.1 Å². The van der Waals surface area contributed by atoms with E-state index in [1.165, 1.54) is 6.07 Å².